The summed E-state index contributed by atoms with van der Waals surface area (Å²) >= 11 is 1.30. The number of amides is 1. The fourth-order valence-electron chi connectivity index (χ4n) is 4.15. The summed E-state index contributed by atoms with van der Waals surface area (Å²) < 4.78 is 0. The Labute approximate surface area is 194 Å². The number of aliphatic hydroxyl groups is 1. The van der Waals surface area contributed by atoms with Crippen molar-refractivity contribution in [1.29, 1.82) is 0 Å². The van der Waals surface area contributed by atoms with Gasteiger partial charge < -0.3 is 15.1 Å². The summed E-state index contributed by atoms with van der Waals surface area (Å²) in [5.74, 6) is -0.733. The van der Waals surface area contributed by atoms with Crippen LogP contribution >= 0.6 is 11.3 Å². The van der Waals surface area contributed by atoms with Crippen molar-refractivity contribution in [3.8, 4) is 0 Å². The minimum Gasteiger partial charge on any atom is -0.477 e. The molecule has 1 aliphatic rings. The highest BCUT2D eigenvalue weighted by atomic mass is 32.1. The van der Waals surface area contributed by atoms with Gasteiger partial charge in [0.1, 0.15) is 4.88 Å². The summed E-state index contributed by atoms with van der Waals surface area (Å²) in [5.41, 5.74) is 1.36. The van der Waals surface area contributed by atoms with Crippen LogP contribution in [0.1, 0.15) is 65.1 Å². The molecule has 6 heteroatoms. The van der Waals surface area contributed by atoms with Crippen LogP contribution in [0, 0.1) is 0 Å². The number of nitrogens with zero attached hydrogens (tertiary/aromatic N) is 1. The number of carbonyl (C=O) groups is 2. The normalized spacial score (nSPS) is 17.3. The molecular weight excluding hydrogens is 422 g/mol. The van der Waals surface area contributed by atoms with Gasteiger partial charge in [-0.25, -0.2) is 4.79 Å². The average molecular weight is 456 g/mol. The lowest BCUT2D eigenvalue weighted by Gasteiger charge is -2.22. The molecule has 1 aromatic carbocycles. The molecule has 0 aliphatic carbocycles. The number of unbranched alkanes of at least 4 members (excludes halogenated alkanes) is 2. The molecular formula is C26H33NO4S. The molecule has 2 unspecified atom stereocenters. The maximum Gasteiger partial charge on any atom is 0.345 e. The number of rotatable bonds is 13. The molecule has 1 saturated heterocycles. The predicted molar refractivity (Wildman–Crippen MR) is 128 cm³/mol. The van der Waals surface area contributed by atoms with E-state index in [0.29, 0.717) is 17.8 Å². The van der Waals surface area contributed by atoms with Crippen LogP contribution in [0.15, 0.2) is 54.6 Å². The second kappa shape index (κ2) is 12.6. The number of hydrogen-bond donors (Lipinski definition) is 2. The molecule has 0 radical (unpaired) electrons. The van der Waals surface area contributed by atoms with Crippen LogP contribution in [0.3, 0.4) is 0 Å². The van der Waals surface area contributed by atoms with Crippen molar-refractivity contribution >= 4 is 23.2 Å². The van der Waals surface area contributed by atoms with Gasteiger partial charge in [-0.2, -0.15) is 0 Å². The number of aromatic carboxylic acids is 1. The number of aliphatic hydroxyl groups excluding tert-OH is 1. The first-order chi connectivity index (χ1) is 15.5. The summed E-state index contributed by atoms with van der Waals surface area (Å²) in [5, 5.41) is 19.3. The smallest absolute Gasteiger partial charge is 0.345 e. The molecule has 1 aliphatic heterocycles. The zero-order valence-electron chi connectivity index (χ0n) is 18.5. The van der Waals surface area contributed by atoms with Crippen LogP contribution in [0.2, 0.25) is 0 Å². The molecule has 172 valence electrons. The van der Waals surface area contributed by atoms with Crippen molar-refractivity contribution in [2.24, 2.45) is 0 Å². The molecule has 0 bridgehead atoms. The number of thiophene rings is 1. The van der Waals surface area contributed by atoms with Gasteiger partial charge in [0.05, 0.1) is 12.1 Å². The number of likely N-dealkylation sites (tertiary alicyclic amines) is 1. The molecule has 0 saturated carbocycles. The zero-order chi connectivity index (χ0) is 22.8. The SMILES string of the molecule is O=C(O)c1ccc(CCCN2C(=O)CCC2C=CC(O)CCCCCc2ccccc2)s1. The third kappa shape index (κ3) is 7.61. The minimum absolute atomic E-state index is 0.0492. The van der Waals surface area contributed by atoms with Crippen LogP contribution in [0.5, 0.6) is 0 Å². The molecule has 2 heterocycles. The Morgan fingerprint density at radius 1 is 1.09 bits per heavy atom. The number of hydrogen-bond acceptors (Lipinski definition) is 4. The van der Waals surface area contributed by atoms with Gasteiger partial charge in [-0.15, -0.1) is 11.3 Å². The van der Waals surface area contributed by atoms with Gasteiger partial charge in [-0.05, 0) is 56.2 Å². The van der Waals surface area contributed by atoms with E-state index in [2.05, 4.69) is 24.3 Å². The number of aryl methyl sites for hydroxylation is 2. The highest BCUT2D eigenvalue weighted by Gasteiger charge is 2.28. The van der Waals surface area contributed by atoms with Gasteiger partial charge in [0.25, 0.3) is 0 Å². The molecule has 2 aromatic rings. The van der Waals surface area contributed by atoms with Crippen molar-refractivity contribution in [1.82, 2.24) is 4.90 Å². The van der Waals surface area contributed by atoms with E-state index in [1.165, 1.54) is 16.9 Å². The molecule has 32 heavy (non-hydrogen) atoms. The largest absolute Gasteiger partial charge is 0.477 e. The summed E-state index contributed by atoms with van der Waals surface area (Å²) in [6.45, 7) is 0.656. The Hall–Kier alpha value is -2.44. The third-order valence-corrected chi connectivity index (χ3v) is 7.07. The van der Waals surface area contributed by atoms with E-state index in [4.69, 9.17) is 5.11 Å². The first kappa shape index (κ1) is 24.2. The average Bonchev–Trinajstić information content (AvgIpc) is 3.40. The van der Waals surface area contributed by atoms with Crippen molar-refractivity contribution < 1.29 is 19.8 Å². The van der Waals surface area contributed by atoms with Crippen LogP contribution < -0.4 is 0 Å². The second-order valence-corrected chi connectivity index (χ2v) is 9.57. The number of carboxylic acids is 1. The van der Waals surface area contributed by atoms with Crippen molar-refractivity contribution in [3.05, 3.63) is 69.9 Å². The van der Waals surface area contributed by atoms with Gasteiger partial charge in [0.15, 0.2) is 0 Å². The van der Waals surface area contributed by atoms with E-state index in [1.54, 1.807) is 6.07 Å². The summed E-state index contributed by atoms with van der Waals surface area (Å²) in [6, 6.07) is 14.0. The van der Waals surface area contributed by atoms with Gasteiger partial charge in [0.2, 0.25) is 5.91 Å². The van der Waals surface area contributed by atoms with Crippen molar-refractivity contribution in [2.45, 2.75) is 69.9 Å². The van der Waals surface area contributed by atoms with E-state index in [0.717, 1.165) is 56.2 Å². The number of benzene rings is 1. The lowest BCUT2D eigenvalue weighted by molar-refractivity contribution is -0.128. The van der Waals surface area contributed by atoms with E-state index in [1.807, 2.05) is 29.2 Å². The summed E-state index contributed by atoms with van der Waals surface area (Å²) in [4.78, 5) is 26.6. The Kier molecular flexibility index (Phi) is 9.50. The fraction of sp³-hybridized carbons (Fsp3) is 0.462. The summed E-state index contributed by atoms with van der Waals surface area (Å²) in [7, 11) is 0. The molecule has 0 spiro atoms. The second-order valence-electron chi connectivity index (χ2n) is 8.41. The Balaban J connectivity index is 1.35. The Morgan fingerprint density at radius 3 is 2.66 bits per heavy atom. The van der Waals surface area contributed by atoms with Crippen LogP contribution in [0.25, 0.3) is 0 Å². The molecule has 3 rings (SSSR count). The molecule has 1 fully saturated rings. The lowest BCUT2D eigenvalue weighted by Crippen LogP contribution is -2.33. The number of carboxylic acid groups (broad SMARTS) is 1. The highest BCUT2D eigenvalue weighted by Crippen LogP contribution is 2.23. The van der Waals surface area contributed by atoms with Gasteiger partial charge in [0, 0.05) is 17.8 Å². The molecule has 1 aromatic heterocycles. The van der Waals surface area contributed by atoms with Crippen LogP contribution in [0.4, 0.5) is 0 Å². The predicted octanol–water partition coefficient (Wildman–Crippen LogP) is 5.09. The molecule has 2 N–H and O–H groups in total. The van der Waals surface area contributed by atoms with Crippen molar-refractivity contribution in [3.63, 3.8) is 0 Å². The molecule has 5 nitrogen and oxygen atoms in total. The first-order valence-electron chi connectivity index (χ1n) is 11.5. The van der Waals surface area contributed by atoms with Crippen molar-refractivity contribution in [2.75, 3.05) is 6.54 Å². The molecule has 2 atom stereocenters. The topological polar surface area (TPSA) is 77.8 Å². The first-order valence-corrected chi connectivity index (χ1v) is 12.4. The van der Waals surface area contributed by atoms with Gasteiger partial charge in [-0.3, -0.25) is 4.79 Å². The maximum absolute atomic E-state index is 12.3. The third-order valence-electron chi connectivity index (χ3n) is 5.93. The van der Waals surface area contributed by atoms with Crippen LogP contribution in [-0.4, -0.2) is 45.7 Å². The lowest BCUT2D eigenvalue weighted by atomic mass is 10.0. The van der Waals surface area contributed by atoms with Gasteiger partial charge >= 0.3 is 5.97 Å². The Bertz CT molecular complexity index is 892. The monoisotopic (exact) mass is 455 g/mol. The quantitative estimate of drug-likeness (QED) is 0.326. The Morgan fingerprint density at radius 2 is 1.91 bits per heavy atom. The van der Waals surface area contributed by atoms with Crippen LogP contribution in [-0.2, 0) is 17.6 Å². The number of carbonyl (C=O) groups excluding carboxylic acids is 1. The van der Waals surface area contributed by atoms with E-state index in [-0.39, 0.29) is 11.9 Å². The zero-order valence-corrected chi connectivity index (χ0v) is 19.3. The minimum atomic E-state index is -0.893. The standard InChI is InChI=1S/C26H33NO4S/c28-22(11-6-2-5-10-20-8-3-1-4-9-20)15-13-21-14-18-25(29)27(21)19-7-12-23-16-17-24(32-23)26(30)31/h1,3-4,8-9,13,15-17,21-22,28H,2,5-7,10-12,14,18-19H2,(H,30,31). The highest BCUT2D eigenvalue weighted by molar-refractivity contribution is 7.13. The molecule has 1 amide bonds. The fourth-order valence-corrected chi connectivity index (χ4v) is 5.04. The summed E-state index contributed by atoms with van der Waals surface area (Å²) in [6.07, 6.45) is 11.3. The van der Waals surface area contributed by atoms with E-state index < -0.39 is 12.1 Å². The van der Waals surface area contributed by atoms with E-state index >= 15 is 0 Å². The maximum atomic E-state index is 12.3. The van der Waals surface area contributed by atoms with E-state index in [9.17, 15) is 14.7 Å². The van der Waals surface area contributed by atoms with Gasteiger partial charge in [-0.1, -0.05) is 55.3 Å².